The molecule has 0 atom stereocenters. The van der Waals surface area contributed by atoms with Crippen molar-refractivity contribution in [1.82, 2.24) is 9.97 Å². The Bertz CT molecular complexity index is 617. The van der Waals surface area contributed by atoms with Gasteiger partial charge in [-0.15, -0.1) is 0 Å². The van der Waals surface area contributed by atoms with Gasteiger partial charge in [-0.1, -0.05) is 12.1 Å². The van der Waals surface area contributed by atoms with E-state index in [0.717, 1.165) is 0 Å². The number of para-hydroxylation sites is 1. The predicted octanol–water partition coefficient (Wildman–Crippen LogP) is 1.79. The van der Waals surface area contributed by atoms with Crippen LogP contribution >= 0.6 is 0 Å². The van der Waals surface area contributed by atoms with E-state index in [1.54, 1.807) is 24.3 Å². The second-order valence-electron chi connectivity index (χ2n) is 3.38. The standard InChI is InChI=1S/C12H8N4O2/c13-5-8-3-1-2-4-10(8)16-12-14-6-9(7-15-12)11(17)18/h1-4,6-7H,(H,17,18)(H,14,15,16). The third-order valence-corrected chi connectivity index (χ3v) is 2.19. The molecule has 0 fully saturated rings. The van der Waals surface area contributed by atoms with Gasteiger partial charge in [0.15, 0.2) is 0 Å². The summed E-state index contributed by atoms with van der Waals surface area (Å²) in [6.45, 7) is 0. The van der Waals surface area contributed by atoms with E-state index in [0.29, 0.717) is 11.3 Å². The van der Waals surface area contributed by atoms with Gasteiger partial charge < -0.3 is 10.4 Å². The molecular formula is C12H8N4O2. The molecule has 2 aromatic rings. The van der Waals surface area contributed by atoms with Gasteiger partial charge in [-0.05, 0) is 12.1 Å². The van der Waals surface area contributed by atoms with Crippen LogP contribution in [-0.4, -0.2) is 21.0 Å². The Labute approximate surface area is 103 Å². The highest BCUT2D eigenvalue weighted by Crippen LogP contribution is 2.17. The Morgan fingerprint density at radius 1 is 1.28 bits per heavy atom. The lowest BCUT2D eigenvalue weighted by atomic mass is 10.2. The van der Waals surface area contributed by atoms with Crippen molar-refractivity contribution >= 4 is 17.6 Å². The van der Waals surface area contributed by atoms with Crippen molar-refractivity contribution in [3.05, 3.63) is 47.8 Å². The largest absolute Gasteiger partial charge is 0.478 e. The quantitative estimate of drug-likeness (QED) is 0.848. The number of carbonyl (C=O) groups is 1. The number of aromatic nitrogens is 2. The maximum Gasteiger partial charge on any atom is 0.338 e. The molecule has 0 bridgehead atoms. The summed E-state index contributed by atoms with van der Waals surface area (Å²) in [5.74, 6) is -0.846. The van der Waals surface area contributed by atoms with Crippen LogP contribution in [0.15, 0.2) is 36.7 Å². The van der Waals surface area contributed by atoms with Gasteiger partial charge in [0.2, 0.25) is 5.95 Å². The predicted molar refractivity (Wildman–Crippen MR) is 63.4 cm³/mol. The van der Waals surface area contributed by atoms with Crippen LogP contribution in [0, 0.1) is 11.3 Å². The van der Waals surface area contributed by atoms with Gasteiger partial charge in [0.1, 0.15) is 6.07 Å². The number of nitrogens with zero attached hydrogens (tertiary/aromatic N) is 3. The summed E-state index contributed by atoms with van der Waals surface area (Å²) in [6, 6.07) is 8.93. The molecule has 2 N–H and O–H groups in total. The van der Waals surface area contributed by atoms with Crippen LogP contribution < -0.4 is 5.32 Å². The van der Waals surface area contributed by atoms with Gasteiger partial charge in [-0.25, -0.2) is 14.8 Å². The molecule has 0 radical (unpaired) electrons. The number of aromatic carboxylic acids is 1. The maximum absolute atomic E-state index is 10.6. The molecule has 0 aliphatic carbocycles. The first kappa shape index (κ1) is 11.5. The summed E-state index contributed by atoms with van der Waals surface area (Å²) in [7, 11) is 0. The van der Waals surface area contributed by atoms with Crippen LogP contribution in [0.4, 0.5) is 11.6 Å². The van der Waals surface area contributed by atoms with Crippen LogP contribution in [0.3, 0.4) is 0 Å². The first-order chi connectivity index (χ1) is 8.70. The number of carboxylic acids is 1. The minimum atomic E-state index is -1.08. The molecule has 88 valence electrons. The maximum atomic E-state index is 10.6. The molecule has 0 aliphatic heterocycles. The van der Waals surface area contributed by atoms with Gasteiger partial charge in [0, 0.05) is 12.4 Å². The molecule has 1 aromatic carbocycles. The normalized spacial score (nSPS) is 9.50. The highest BCUT2D eigenvalue weighted by Gasteiger charge is 2.06. The van der Waals surface area contributed by atoms with Gasteiger partial charge in [0.25, 0.3) is 0 Å². The number of rotatable bonds is 3. The average Bonchev–Trinajstić information content (AvgIpc) is 2.40. The van der Waals surface area contributed by atoms with Crippen molar-refractivity contribution in [2.45, 2.75) is 0 Å². The Morgan fingerprint density at radius 3 is 2.56 bits per heavy atom. The highest BCUT2D eigenvalue weighted by molar-refractivity contribution is 5.86. The molecule has 0 unspecified atom stereocenters. The molecule has 0 aliphatic rings. The van der Waals surface area contributed by atoms with Crippen LogP contribution in [-0.2, 0) is 0 Å². The smallest absolute Gasteiger partial charge is 0.338 e. The lowest BCUT2D eigenvalue weighted by Gasteiger charge is -2.05. The number of benzene rings is 1. The van der Waals surface area contributed by atoms with Crippen molar-refractivity contribution in [2.24, 2.45) is 0 Å². The topological polar surface area (TPSA) is 98.9 Å². The van der Waals surface area contributed by atoms with E-state index in [2.05, 4.69) is 15.3 Å². The van der Waals surface area contributed by atoms with Crippen molar-refractivity contribution < 1.29 is 9.90 Å². The zero-order chi connectivity index (χ0) is 13.0. The Hall–Kier alpha value is -2.94. The van der Waals surface area contributed by atoms with E-state index in [9.17, 15) is 4.79 Å². The van der Waals surface area contributed by atoms with Crippen LogP contribution in [0.2, 0.25) is 0 Å². The van der Waals surface area contributed by atoms with Gasteiger partial charge in [0.05, 0.1) is 16.8 Å². The Kier molecular flexibility index (Phi) is 3.16. The molecule has 0 amide bonds. The summed E-state index contributed by atoms with van der Waals surface area (Å²) in [4.78, 5) is 18.3. The first-order valence-corrected chi connectivity index (χ1v) is 5.02. The number of nitriles is 1. The molecule has 6 nitrogen and oxygen atoms in total. The molecular weight excluding hydrogens is 232 g/mol. The fourth-order valence-electron chi connectivity index (χ4n) is 1.31. The van der Waals surface area contributed by atoms with Crippen molar-refractivity contribution in [3.63, 3.8) is 0 Å². The fraction of sp³-hybridized carbons (Fsp3) is 0. The van der Waals surface area contributed by atoms with E-state index in [4.69, 9.17) is 10.4 Å². The fourth-order valence-corrected chi connectivity index (χ4v) is 1.31. The molecule has 1 aromatic heterocycles. The lowest BCUT2D eigenvalue weighted by molar-refractivity contribution is 0.0696. The van der Waals surface area contributed by atoms with Crippen LogP contribution in [0.5, 0.6) is 0 Å². The summed E-state index contributed by atoms with van der Waals surface area (Å²) >= 11 is 0. The zero-order valence-electron chi connectivity index (χ0n) is 9.16. The van der Waals surface area contributed by atoms with Gasteiger partial charge >= 0.3 is 5.97 Å². The Balaban J connectivity index is 2.24. The minimum Gasteiger partial charge on any atom is -0.478 e. The summed E-state index contributed by atoms with van der Waals surface area (Å²) < 4.78 is 0. The number of anilines is 2. The minimum absolute atomic E-state index is 0.00844. The molecule has 6 heteroatoms. The van der Waals surface area contributed by atoms with Gasteiger partial charge in [-0.3, -0.25) is 0 Å². The summed E-state index contributed by atoms with van der Waals surface area (Å²) in [6.07, 6.45) is 2.40. The third kappa shape index (κ3) is 2.41. The number of nitrogens with one attached hydrogen (secondary N) is 1. The first-order valence-electron chi connectivity index (χ1n) is 5.02. The lowest BCUT2D eigenvalue weighted by Crippen LogP contribution is -2.02. The second kappa shape index (κ2) is 4.93. The van der Waals surface area contributed by atoms with E-state index < -0.39 is 5.97 Å². The molecule has 0 saturated heterocycles. The number of hydrogen-bond donors (Lipinski definition) is 2. The molecule has 2 rings (SSSR count). The van der Waals surface area contributed by atoms with Crippen molar-refractivity contribution in [3.8, 4) is 6.07 Å². The number of carboxylic acid groups (broad SMARTS) is 1. The highest BCUT2D eigenvalue weighted by atomic mass is 16.4. The van der Waals surface area contributed by atoms with E-state index >= 15 is 0 Å². The monoisotopic (exact) mass is 240 g/mol. The van der Waals surface area contributed by atoms with E-state index in [-0.39, 0.29) is 11.5 Å². The molecule has 1 heterocycles. The van der Waals surface area contributed by atoms with E-state index in [1.165, 1.54) is 12.4 Å². The van der Waals surface area contributed by atoms with Gasteiger partial charge in [-0.2, -0.15) is 5.26 Å². The molecule has 0 spiro atoms. The summed E-state index contributed by atoms with van der Waals surface area (Å²) in [5, 5.41) is 20.5. The van der Waals surface area contributed by atoms with Crippen molar-refractivity contribution in [1.29, 1.82) is 5.26 Å². The number of hydrogen-bond acceptors (Lipinski definition) is 5. The van der Waals surface area contributed by atoms with Crippen molar-refractivity contribution in [2.75, 3.05) is 5.32 Å². The third-order valence-electron chi connectivity index (χ3n) is 2.19. The second-order valence-corrected chi connectivity index (χ2v) is 3.38. The van der Waals surface area contributed by atoms with Crippen LogP contribution in [0.25, 0.3) is 0 Å². The summed E-state index contributed by atoms with van der Waals surface area (Å²) in [5.41, 5.74) is 1.04. The average molecular weight is 240 g/mol. The molecule has 0 saturated carbocycles. The van der Waals surface area contributed by atoms with E-state index in [1.807, 2.05) is 6.07 Å². The SMILES string of the molecule is N#Cc1ccccc1Nc1ncc(C(=O)O)cn1. The Morgan fingerprint density at radius 2 is 1.94 bits per heavy atom. The molecule has 18 heavy (non-hydrogen) atoms. The van der Waals surface area contributed by atoms with Crippen LogP contribution in [0.1, 0.15) is 15.9 Å². The zero-order valence-corrected chi connectivity index (χ0v) is 9.16.